The van der Waals surface area contributed by atoms with E-state index in [-0.39, 0.29) is 0 Å². The largest absolute Gasteiger partial charge is 0.453 e. The third-order valence-corrected chi connectivity index (χ3v) is 10.1. The first-order valence-electron chi connectivity index (χ1n) is 17.1. The zero-order chi connectivity index (χ0) is 33.0. The van der Waals surface area contributed by atoms with Gasteiger partial charge >= 0.3 is 0 Å². The standard InChI is InChI=1S/C48H31NO/c1-2-12-32(13-3-1)44-30-34-15-5-7-18-38(34)46-43-22-11-23-45(47(43)50-48(44)46)49-35-26-24-33(25-27-35)37-28-29-42(41-20-9-8-19-39(37)41)40-21-10-16-31-14-4-6-17-36(31)40/h1-30,49H. The minimum absolute atomic E-state index is 0.857. The van der Waals surface area contributed by atoms with E-state index in [9.17, 15) is 0 Å². The van der Waals surface area contributed by atoms with Gasteiger partial charge in [0.1, 0.15) is 5.58 Å². The van der Waals surface area contributed by atoms with Crippen LogP contribution >= 0.6 is 0 Å². The molecule has 0 amide bonds. The zero-order valence-corrected chi connectivity index (χ0v) is 27.2. The fraction of sp³-hybridized carbons (Fsp3) is 0. The van der Waals surface area contributed by atoms with Crippen LogP contribution in [0.3, 0.4) is 0 Å². The van der Waals surface area contributed by atoms with Crippen LogP contribution in [0.2, 0.25) is 0 Å². The quantitative estimate of drug-likeness (QED) is 0.203. The van der Waals surface area contributed by atoms with Gasteiger partial charge in [0, 0.05) is 22.0 Å². The second-order valence-electron chi connectivity index (χ2n) is 12.9. The summed E-state index contributed by atoms with van der Waals surface area (Å²) in [6.07, 6.45) is 0. The number of nitrogens with one attached hydrogen (secondary N) is 1. The second kappa shape index (κ2) is 11.5. The van der Waals surface area contributed by atoms with Crippen LogP contribution in [0.15, 0.2) is 186 Å². The molecule has 2 nitrogen and oxygen atoms in total. The molecule has 1 heterocycles. The van der Waals surface area contributed by atoms with Gasteiger partial charge in [-0.15, -0.1) is 0 Å². The third-order valence-electron chi connectivity index (χ3n) is 10.1. The molecule has 0 atom stereocenters. The van der Waals surface area contributed by atoms with Crippen molar-refractivity contribution in [3.8, 4) is 33.4 Å². The SMILES string of the molecule is c1ccc(-c2cc3ccccc3c3c2oc2c(Nc4ccc(-c5ccc(-c6cccc7ccccc67)c6ccccc56)cc4)cccc23)cc1. The van der Waals surface area contributed by atoms with Crippen LogP contribution in [-0.2, 0) is 0 Å². The van der Waals surface area contributed by atoms with Crippen molar-refractivity contribution in [2.75, 3.05) is 5.32 Å². The van der Waals surface area contributed by atoms with E-state index in [1.807, 2.05) is 0 Å². The maximum absolute atomic E-state index is 6.80. The van der Waals surface area contributed by atoms with Gasteiger partial charge in [-0.3, -0.25) is 0 Å². The Morgan fingerprint density at radius 1 is 0.340 bits per heavy atom. The van der Waals surface area contributed by atoms with Crippen molar-refractivity contribution in [1.82, 2.24) is 0 Å². The smallest absolute Gasteiger partial charge is 0.158 e. The Hall–Kier alpha value is -6.64. The predicted molar refractivity (Wildman–Crippen MR) is 212 cm³/mol. The molecule has 50 heavy (non-hydrogen) atoms. The topological polar surface area (TPSA) is 25.2 Å². The molecule has 2 heteroatoms. The minimum Gasteiger partial charge on any atom is -0.453 e. The van der Waals surface area contributed by atoms with E-state index < -0.39 is 0 Å². The lowest BCUT2D eigenvalue weighted by Crippen LogP contribution is -1.91. The van der Waals surface area contributed by atoms with Gasteiger partial charge < -0.3 is 9.73 Å². The fourth-order valence-electron chi connectivity index (χ4n) is 7.71. The van der Waals surface area contributed by atoms with Gasteiger partial charge in [0.2, 0.25) is 0 Å². The molecule has 0 bridgehead atoms. The molecule has 1 N–H and O–H groups in total. The Balaban J connectivity index is 1.05. The van der Waals surface area contributed by atoms with E-state index >= 15 is 0 Å². The third kappa shape index (κ3) is 4.57. The lowest BCUT2D eigenvalue weighted by Gasteiger charge is -2.14. The van der Waals surface area contributed by atoms with Gasteiger partial charge in [-0.05, 0) is 84.4 Å². The van der Waals surface area contributed by atoms with Crippen LogP contribution < -0.4 is 5.32 Å². The summed E-state index contributed by atoms with van der Waals surface area (Å²) in [7, 11) is 0. The number of fused-ring (bicyclic) bond motifs is 7. The molecule has 0 saturated carbocycles. The summed E-state index contributed by atoms with van der Waals surface area (Å²) in [6, 6.07) is 65.0. The lowest BCUT2D eigenvalue weighted by molar-refractivity contribution is 0.671. The van der Waals surface area contributed by atoms with Crippen molar-refractivity contribution in [1.29, 1.82) is 0 Å². The Morgan fingerprint density at radius 3 is 1.74 bits per heavy atom. The van der Waals surface area contributed by atoms with Gasteiger partial charge in [0.15, 0.2) is 5.58 Å². The number of hydrogen-bond acceptors (Lipinski definition) is 2. The molecular weight excluding hydrogens is 607 g/mol. The van der Waals surface area contributed by atoms with E-state index in [2.05, 4.69) is 187 Å². The lowest BCUT2D eigenvalue weighted by atomic mass is 9.90. The molecule has 0 aliphatic heterocycles. The van der Waals surface area contributed by atoms with Crippen molar-refractivity contribution >= 4 is 65.6 Å². The monoisotopic (exact) mass is 637 g/mol. The summed E-state index contributed by atoms with van der Waals surface area (Å²) < 4.78 is 6.80. The Labute approximate surface area is 289 Å². The normalized spacial score (nSPS) is 11.6. The predicted octanol–water partition coefficient (Wildman–Crippen LogP) is 13.8. The fourth-order valence-corrected chi connectivity index (χ4v) is 7.71. The van der Waals surface area contributed by atoms with Crippen LogP contribution in [0.4, 0.5) is 11.4 Å². The molecule has 10 rings (SSSR count). The van der Waals surface area contributed by atoms with Crippen LogP contribution in [0.25, 0.3) is 87.6 Å². The molecule has 0 unspecified atom stereocenters. The van der Waals surface area contributed by atoms with Crippen LogP contribution in [-0.4, -0.2) is 0 Å². The minimum atomic E-state index is 0.857. The first-order chi connectivity index (χ1) is 24.8. The van der Waals surface area contributed by atoms with Gasteiger partial charge in [0.25, 0.3) is 0 Å². The van der Waals surface area contributed by atoms with E-state index in [1.165, 1.54) is 54.6 Å². The highest BCUT2D eigenvalue weighted by molar-refractivity contribution is 6.24. The van der Waals surface area contributed by atoms with E-state index in [1.54, 1.807) is 0 Å². The molecule has 234 valence electrons. The van der Waals surface area contributed by atoms with E-state index in [0.29, 0.717) is 0 Å². The molecule has 0 fully saturated rings. The maximum Gasteiger partial charge on any atom is 0.158 e. The van der Waals surface area contributed by atoms with Crippen molar-refractivity contribution in [3.63, 3.8) is 0 Å². The number of benzene rings is 9. The molecular formula is C48H31NO. The summed E-state index contributed by atoms with van der Waals surface area (Å²) in [6.45, 7) is 0. The summed E-state index contributed by atoms with van der Waals surface area (Å²) >= 11 is 0. The van der Waals surface area contributed by atoms with Gasteiger partial charge in [0.05, 0.1) is 5.69 Å². The van der Waals surface area contributed by atoms with Crippen molar-refractivity contribution in [2.24, 2.45) is 0 Å². The van der Waals surface area contributed by atoms with Gasteiger partial charge in [-0.25, -0.2) is 0 Å². The number of hydrogen-bond donors (Lipinski definition) is 1. The summed E-state index contributed by atoms with van der Waals surface area (Å²) in [4.78, 5) is 0. The van der Waals surface area contributed by atoms with Gasteiger partial charge in [-0.2, -0.15) is 0 Å². The Bertz CT molecular complexity index is 2880. The summed E-state index contributed by atoms with van der Waals surface area (Å²) in [5, 5.41) is 13.4. The molecule has 0 saturated heterocycles. The number of furan rings is 1. The second-order valence-corrected chi connectivity index (χ2v) is 12.9. The highest BCUT2D eigenvalue weighted by atomic mass is 16.3. The molecule has 0 spiro atoms. The van der Waals surface area contributed by atoms with Gasteiger partial charge in [-0.1, -0.05) is 158 Å². The zero-order valence-electron chi connectivity index (χ0n) is 27.2. The molecule has 10 aromatic rings. The highest BCUT2D eigenvalue weighted by Crippen LogP contribution is 2.44. The van der Waals surface area contributed by atoms with Crippen LogP contribution in [0.5, 0.6) is 0 Å². The number of para-hydroxylation sites is 1. The maximum atomic E-state index is 6.80. The average molecular weight is 638 g/mol. The number of rotatable bonds is 5. The first kappa shape index (κ1) is 28.4. The summed E-state index contributed by atoms with van der Waals surface area (Å²) in [5.74, 6) is 0. The van der Waals surface area contributed by atoms with Crippen molar-refractivity contribution in [2.45, 2.75) is 0 Å². The first-order valence-corrected chi connectivity index (χ1v) is 17.1. The van der Waals surface area contributed by atoms with Crippen molar-refractivity contribution < 1.29 is 4.42 Å². The average Bonchev–Trinajstić information content (AvgIpc) is 3.59. The van der Waals surface area contributed by atoms with Crippen LogP contribution in [0, 0.1) is 0 Å². The van der Waals surface area contributed by atoms with E-state index in [0.717, 1.165) is 44.4 Å². The van der Waals surface area contributed by atoms with Crippen molar-refractivity contribution in [3.05, 3.63) is 182 Å². The van der Waals surface area contributed by atoms with Crippen LogP contribution in [0.1, 0.15) is 0 Å². The summed E-state index contributed by atoms with van der Waals surface area (Å²) in [5.41, 5.74) is 10.9. The Morgan fingerprint density at radius 2 is 0.920 bits per heavy atom. The highest BCUT2D eigenvalue weighted by Gasteiger charge is 2.18. The molecule has 9 aromatic carbocycles. The molecule has 0 aliphatic carbocycles. The molecule has 1 aromatic heterocycles. The van der Waals surface area contributed by atoms with E-state index in [4.69, 9.17) is 4.42 Å². The molecule has 0 radical (unpaired) electrons. The molecule has 0 aliphatic rings. The Kier molecular flexibility index (Phi) is 6.53. The number of anilines is 2.